The zero-order chi connectivity index (χ0) is 11.8. The van der Waals surface area contributed by atoms with Crippen LogP contribution < -0.4 is 5.32 Å². The molecule has 0 spiro atoms. The maximum absolute atomic E-state index is 4.56. The maximum Gasteiger partial charge on any atom is 0.0798 e. The highest BCUT2D eigenvalue weighted by atomic mass is 35.5. The van der Waals surface area contributed by atoms with Crippen LogP contribution in [0.25, 0.3) is 0 Å². The fraction of sp³-hybridized carbons (Fsp3) is 0.769. The molecule has 2 fully saturated rings. The summed E-state index contributed by atoms with van der Waals surface area (Å²) in [5.41, 5.74) is 3.42. The second-order valence-electron chi connectivity index (χ2n) is 5.39. The summed E-state index contributed by atoms with van der Waals surface area (Å²) in [6, 6.07) is 1.22. The van der Waals surface area contributed by atoms with Gasteiger partial charge in [-0.2, -0.15) is 0 Å². The number of hydrogen-bond acceptors (Lipinski definition) is 4. The molecule has 102 valence electrons. The Kier molecular flexibility index (Phi) is 4.64. The normalized spacial score (nSPS) is 29.0. The summed E-state index contributed by atoms with van der Waals surface area (Å²) in [5.74, 6) is 0.784. The van der Waals surface area contributed by atoms with Crippen LogP contribution in [0.1, 0.15) is 43.2 Å². The molecule has 2 aliphatic rings. The Hall–Kier alpha value is -0.160. The van der Waals surface area contributed by atoms with Crippen molar-refractivity contribution in [3.63, 3.8) is 0 Å². The molecule has 2 atom stereocenters. The van der Waals surface area contributed by atoms with E-state index in [1.165, 1.54) is 23.4 Å². The molecular formula is C13H22ClN3S. The number of hydrogen-bond donors (Lipinski definition) is 1. The smallest absolute Gasteiger partial charge is 0.0798 e. The molecule has 3 nitrogen and oxygen atoms in total. The van der Waals surface area contributed by atoms with Crippen molar-refractivity contribution in [2.24, 2.45) is 0 Å². The second kappa shape index (κ2) is 5.87. The topological polar surface area (TPSA) is 28.2 Å². The quantitative estimate of drug-likeness (QED) is 0.926. The van der Waals surface area contributed by atoms with E-state index in [-0.39, 0.29) is 12.4 Å². The largest absolute Gasteiger partial charge is 0.311 e. The number of nitrogens with one attached hydrogen (secondary N) is 1. The first kappa shape index (κ1) is 14.3. The summed E-state index contributed by atoms with van der Waals surface area (Å²) in [6.07, 6.45) is 2.70. The van der Waals surface area contributed by atoms with Crippen LogP contribution in [0.5, 0.6) is 0 Å². The molecule has 1 aromatic heterocycles. The molecule has 2 unspecified atom stereocenters. The SMILES string of the molecule is CC1NCCN(Cc2scnc2C2CC2)C1C.Cl. The summed E-state index contributed by atoms with van der Waals surface area (Å²) < 4.78 is 0. The van der Waals surface area contributed by atoms with Crippen LogP contribution in [0.2, 0.25) is 0 Å². The predicted molar refractivity (Wildman–Crippen MR) is 78.7 cm³/mol. The summed E-state index contributed by atoms with van der Waals surface area (Å²) in [7, 11) is 0. The third-order valence-corrected chi connectivity index (χ3v) is 4.98. The van der Waals surface area contributed by atoms with E-state index in [0.29, 0.717) is 12.1 Å². The molecule has 1 saturated carbocycles. The molecular weight excluding hydrogens is 266 g/mol. The van der Waals surface area contributed by atoms with E-state index in [9.17, 15) is 0 Å². The number of nitrogens with zero attached hydrogens (tertiary/aromatic N) is 2. The van der Waals surface area contributed by atoms with Gasteiger partial charge in [-0.25, -0.2) is 4.98 Å². The zero-order valence-corrected chi connectivity index (χ0v) is 12.7. The lowest BCUT2D eigenvalue weighted by Crippen LogP contribution is -2.54. The van der Waals surface area contributed by atoms with Gasteiger partial charge in [-0.1, -0.05) is 0 Å². The Labute approximate surface area is 119 Å². The van der Waals surface area contributed by atoms with E-state index in [4.69, 9.17) is 0 Å². The van der Waals surface area contributed by atoms with E-state index in [1.54, 1.807) is 0 Å². The van der Waals surface area contributed by atoms with Crippen molar-refractivity contribution in [2.75, 3.05) is 13.1 Å². The molecule has 0 aromatic carbocycles. The average Bonchev–Trinajstić information content (AvgIpc) is 3.06. The van der Waals surface area contributed by atoms with Gasteiger partial charge in [0.15, 0.2) is 0 Å². The van der Waals surface area contributed by atoms with Crippen LogP contribution in [-0.4, -0.2) is 35.1 Å². The fourth-order valence-corrected chi connectivity index (χ4v) is 3.49. The molecule has 1 aliphatic carbocycles. The molecule has 0 bridgehead atoms. The maximum atomic E-state index is 4.56. The number of rotatable bonds is 3. The summed E-state index contributed by atoms with van der Waals surface area (Å²) >= 11 is 1.84. The van der Waals surface area contributed by atoms with Crippen LogP contribution in [0, 0.1) is 0 Å². The standard InChI is InChI=1S/C13H21N3S.ClH/c1-9-10(2)16(6-5-14-9)7-12-13(11-3-4-11)15-8-17-12;/h8-11,14H,3-7H2,1-2H3;1H. The Morgan fingerprint density at radius 2 is 2.22 bits per heavy atom. The molecule has 1 N–H and O–H groups in total. The highest BCUT2D eigenvalue weighted by Crippen LogP contribution is 2.42. The molecule has 0 amide bonds. The number of thiazole rings is 1. The molecule has 18 heavy (non-hydrogen) atoms. The highest BCUT2D eigenvalue weighted by molar-refractivity contribution is 7.09. The Morgan fingerprint density at radius 3 is 2.94 bits per heavy atom. The lowest BCUT2D eigenvalue weighted by atomic mass is 10.1. The number of aromatic nitrogens is 1. The van der Waals surface area contributed by atoms with Gasteiger partial charge in [0.05, 0.1) is 11.2 Å². The van der Waals surface area contributed by atoms with Crippen LogP contribution in [0.4, 0.5) is 0 Å². The molecule has 1 aliphatic heterocycles. The third-order valence-electron chi connectivity index (χ3n) is 4.15. The van der Waals surface area contributed by atoms with E-state index < -0.39 is 0 Å². The molecule has 5 heteroatoms. The van der Waals surface area contributed by atoms with Gasteiger partial charge in [0, 0.05) is 42.5 Å². The molecule has 1 saturated heterocycles. The molecule has 3 rings (SSSR count). The van der Waals surface area contributed by atoms with Gasteiger partial charge in [-0.3, -0.25) is 4.90 Å². The Morgan fingerprint density at radius 1 is 1.44 bits per heavy atom. The average molecular weight is 288 g/mol. The van der Waals surface area contributed by atoms with Gasteiger partial charge in [0.2, 0.25) is 0 Å². The van der Waals surface area contributed by atoms with Crippen LogP contribution in [0.15, 0.2) is 5.51 Å². The van der Waals surface area contributed by atoms with Crippen molar-refractivity contribution < 1.29 is 0 Å². The summed E-state index contributed by atoms with van der Waals surface area (Å²) in [4.78, 5) is 8.67. The monoisotopic (exact) mass is 287 g/mol. The molecule has 2 heterocycles. The van der Waals surface area contributed by atoms with E-state index in [1.807, 2.05) is 16.8 Å². The van der Waals surface area contributed by atoms with Crippen LogP contribution in [-0.2, 0) is 6.54 Å². The van der Waals surface area contributed by atoms with Gasteiger partial charge in [-0.05, 0) is 26.7 Å². The van der Waals surface area contributed by atoms with Crippen LogP contribution >= 0.6 is 23.7 Å². The van der Waals surface area contributed by atoms with E-state index >= 15 is 0 Å². The van der Waals surface area contributed by atoms with Crippen molar-refractivity contribution >= 4 is 23.7 Å². The zero-order valence-electron chi connectivity index (χ0n) is 11.1. The van der Waals surface area contributed by atoms with Crippen LogP contribution in [0.3, 0.4) is 0 Å². The number of halogens is 1. The molecule has 0 radical (unpaired) electrons. The minimum absolute atomic E-state index is 0. The highest BCUT2D eigenvalue weighted by Gasteiger charge is 2.30. The third kappa shape index (κ3) is 2.87. The number of piperazine rings is 1. The van der Waals surface area contributed by atoms with Gasteiger partial charge in [-0.15, -0.1) is 23.7 Å². The van der Waals surface area contributed by atoms with Crippen molar-refractivity contribution in [3.05, 3.63) is 16.1 Å². The lowest BCUT2D eigenvalue weighted by Gasteiger charge is -2.38. The Bertz CT molecular complexity index is 391. The molecule has 1 aromatic rings. The predicted octanol–water partition coefficient (Wildman–Crippen LogP) is 2.62. The second-order valence-corrected chi connectivity index (χ2v) is 6.33. The summed E-state index contributed by atoms with van der Waals surface area (Å²) in [6.45, 7) is 7.99. The minimum Gasteiger partial charge on any atom is -0.311 e. The first-order chi connectivity index (χ1) is 8.25. The van der Waals surface area contributed by atoms with Crippen molar-refractivity contribution in [2.45, 2.75) is 51.2 Å². The Balaban J connectivity index is 0.00000120. The van der Waals surface area contributed by atoms with Crippen molar-refractivity contribution in [3.8, 4) is 0 Å². The minimum atomic E-state index is 0. The van der Waals surface area contributed by atoms with Gasteiger partial charge >= 0.3 is 0 Å². The fourth-order valence-electron chi connectivity index (χ4n) is 2.62. The van der Waals surface area contributed by atoms with Gasteiger partial charge in [0.1, 0.15) is 0 Å². The lowest BCUT2D eigenvalue weighted by molar-refractivity contribution is 0.131. The first-order valence-corrected chi connectivity index (χ1v) is 7.53. The van der Waals surface area contributed by atoms with Gasteiger partial charge < -0.3 is 5.32 Å². The van der Waals surface area contributed by atoms with E-state index in [2.05, 4.69) is 29.0 Å². The summed E-state index contributed by atoms with van der Waals surface area (Å²) in [5, 5.41) is 3.54. The van der Waals surface area contributed by atoms with Crippen molar-refractivity contribution in [1.29, 1.82) is 0 Å². The first-order valence-electron chi connectivity index (χ1n) is 6.65. The van der Waals surface area contributed by atoms with E-state index in [0.717, 1.165) is 25.6 Å². The van der Waals surface area contributed by atoms with Crippen molar-refractivity contribution in [1.82, 2.24) is 15.2 Å². The van der Waals surface area contributed by atoms with Gasteiger partial charge in [0.25, 0.3) is 0 Å².